The topological polar surface area (TPSA) is 81.8 Å². The quantitative estimate of drug-likeness (QED) is 0.500. The van der Waals surface area contributed by atoms with E-state index >= 15 is 0 Å². The Morgan fingerprint density at radius 2 is 1.90 bits per heavy atom. The van der Waals surface area contributed by atoms with Crippen molar-refractivity contribution in [1.82, 2.24) is 15.0 Å². The monoisotopic (exact) mass is 277 g/mol. The van der Waals surface area contributed by atoms with E-state index < -0.39 is 0 Å². The van der Waals surface area contributed by atoms with Crippen LogP contribution in [0.5, 0.6) is 5.75 Å². The Kier molecular flexibility index (Phi) is 2.35. The summed E-state index contributed by atoms with van der Waals surface area (Å²) in [5.74, 6) is 0.153. The van der Waals surface area contributed by atoms with Crippen LogP contribution in [0.4, 0.5) is 0 Å². The summed E-state index contributed by atoms with van der Waals surface area (Å²) >= 11 is 0. The zero-order valence-electron chi connectivity index (χ0n) is 10.9. The first-order valence-corrected chi connectivity index (χ1v) is 6.52. The number of hydrogen-bond donors (Lipinski definition) is 3. The lowest BCUT2D eigenvalue weighted by molar-refractivity contribution is 0.476. The van der Waals surface area contributed by atoms with Crippen molar-refractivity contribution < 1.29 is 5.11 Å². The molecule has 0 saturated heterocycles. The lowest BCUT2D eigenvalue weighted by Crippen LogP contribution is -2.11. The van der Waals surface area contributed by atoms with Crippen LogP contribution in [0.2, 0.25) is 0 Å². The van der Waals surface area contributed by atoms with Crippen LogP contribution in [0, 0.1) is 0 Å². The molecule has 3 N–H and O–H groups in total. The molecule has 4 aromatic rings. The summed E-state index contributed by atoms with van der Waals surface area (Å²) in [4.78, 5) is 22.6. The molecule has 0 aliphatic heterocycles. The van der Waals surface area contributed by atoms with Crippen LogP contribution in [-0.2, 0) is 0 Å². The number of aromatic amines is 2. The molecule has 0 aliphatic rings. The standard InChI is InChI=1S/C16H11N3O2/c20-9-5-6-12-10(7-9)11(8-17-12)15-16(21)19-14-4-2-1-3-13(14)18-15/h1-8,17,20H,(H,19,21). The van der Waals surface area contributed by atoms with Crippen molar-refractivity contribution >= 4 is 21.9 Å². The molecule has 0 atom stereocenters. The van der Waals surface area contributed by atoms with E-state index in [9.17, 15) is 9.90 Å². The molecule has 5 heteroatoms. The van der Waals surface area contributed by atoms with Gasteiger partial charge in [-0.25, -0.2) is 4.98 Å². The van der Waals surface area contributed by atoms with Gasteiger partial charge in [-0.3, -0.25) is 4.79 Å². The number of phenols is 1. The Labute approximate surface area is 118 Å². The summed E-state index contributed by atoms with van der Waals surface area (Å²) in [6, 6.07) is 12.4. The third-order valence-corrected chi connectivity index (χ3v) is 3.52. The number of H-pyrrole nitrogens is 2. The lowest BCUT2D eigenvalue weighted by atomic mass is 10.1. The SMILES string of the molecule is O=c1[nH]c2ccccc2nc1-c1c[nH]c2ccc(O)cc12. The fraction of sp³-hybridized carbons (Fsp3) is 0. The summed E-state index contributed by atoms with van der Waals surface area (Å²) in [6.07, 6.45) is 1.73. The number of hydrogen-bond acceptors (Lipinski definition) is 3. The van der Waals surface area contributed by atoms with Gasteiger partial charge in [0, 0.05) is 22.7 Å². The second-order valence-electron chi connectivity index (χ2n) is 4.86. The summed E-state index contributed by atoms with van der Waals surface area (Å²) in [5, 5.41) is 10.4. The van der Waals surface area contributed by atoms with Crippen LogP contribution < -0.4 is 5.56 Å². The first-order chi connectivity index (χ1) is 10.2. The second kappa shape index (κ2) is 4.21. The van der Waals surface area contributed by atoms with Gasteiger partial charge in [0.05, 0.1) is 11.0 Å². The van der Waals surface area contributed by atoms with Gasteiger partial charge in [-0.15, -0.1) is 0 Å². The Morgan fingerprint density at radius 1 is 1.05 bits per heavy atom. The number of phenolic OH excluding ortho intramolecular Hbond substituents is 1. The zero-order valence-corrected chi connectivity index (χ0v) is 10.9. The van der Waals surface area contributed by atoms with Gasteiger partial charge >= 0.3 is 0 Å². The highest BCUT2D eigenvalue weighted by atomic mass is 16.3. The van der Waals surface area contributed by atoms with Crippen molar-refractivity contribution in [2.45, 2.75) is 0 Å². The molecule has 2 aromatic carbocycles. The summed E-state index contributed by atoms with van der Waals surface area (Å²) in [7, 11) is 0. The number of fused-ring (bicyclic) bond motifs is 2. The van der Waals surface area contributed by atoms with E-state index in [1.54, 1.807) is 24.4 Å². The fourth-order valence-electron chi connectivity index (χ4n) is 2.52. The number of rotatable bonds is 1. The highest BCUT2D eigenvalue weighted by Gasteiger charge is 2.12. The van der Waals surface area contributed by atoms with E-state index in [4.69, 9.17) is 0 Å². The maximum atomic E-state index is 12.3. The van der Waals surface area contributed by atoms with Crippen LogP contribution in [0.25, 0.3) is 33.2 Å². The minimum absolute atomic E-state index is 0.153. The predicted octanol–water partition coefficient (Wildman–Crippen LogP) is 2.78. The molecule has 0 bridgehead atoms. The lowest BCUT2D eigenvalue weighted by Gasteiger charge is -2.02. The van der Waals surface area contributed by atoms with Crippen LogP contribution >= 0.6 is 0 Å². The number of benzene rings is 2. The van der Waals surface area contributed by atoms with Gasteiger partial charge in [0.15, 0.2) is 0 Å². The Balaban J connectivity index is 2.06. The van der Waals surface area contributed by atoms with Crippen molar-refractivity contribution in [3.63, 3.8) is 0 Å². The third-order valence-electron chi connectivity index (χ3n) is 3.52. The van der Waals surface area contributed by atoms with Gasteiger partial charge in [0.2, 0.25) is 0 Å². The van der Waals surface area contributed by atoms with Gasteiger partial charge in [0.25, 0.3) is 5.56 Å². The van der Waals surface area contributed by atoms with Gasteiger partial charge in [0.1, 0.15) is 11.4 Å². The molecule has 0 radical (unpaired) electrons. The summed E-state index contributed by atoms with van der Waals surface area (Å²) in [6.45, 7) is 0. The Morgan fingerprint density at radius 3 is 2.81 bits per heavy atom. The maximum absolute atomic E-state index is 12.3. The average molecular weight is 277 g/mol. The van der Waals surface area contributed by atoms with Gasteiger partial charge in [-0.2, -0.15) is 0 Å². The molecular weight excluding hydrogens is 266 g/mol. The normalized spacial score (nSPS) is 11.2. The largest absolute Gasteiger partial charge is 0.508 e. The average Bonchev–Trinajstić information content (AvgIpc) is 2.89. The fourth-order valence-corrected chi connectivity index (χ4v) is 2.52. The minimum Gasteiger partial charge on any atom is -0.508 e. The van der Waals surface area contributed by atoms with Gasteiger partial charge in [-0.05, 0) is 30.3 Å². The molecule has 2 aromatic heterocycles. The van der Waals surface area contributed by atoms with E-state index in [-0.39, 0.29) is 11.3 Å². The molecule has 21 heavy (non-hydrogen) atoms. The first-order valence-electron chi connectivity index (χ1n) is 6.52. The summed E-state index contributed by atoms with van der Waals surface area (Å²) < 4.78 is 0. The minimum atomic E-state index is -0.252. The van der Waals surface area contributed by atoms with E-state index in [0.29, 0.717) is 16.8 Å². The van der Waals surface area contributed by atoms with E-state index in [1.807, 2.05) is 24.3 Å². The highest BCUT2D eigenvalue weighted by molar-refractivity contribution is 5.96. The predicted molar refractivity (Wildman–Crippen MR) is 81.3 cm³/mol. The van der Waals surface area contributed by atoms with Gasteiger partial charge in [-0.1, -0.05) is 12.1 Å². The number of aromatic hydroxyl groups is 1. The van der Waals surface area contributed by atoms with Crippen LogP contribution in [0.3, 0.4) is 0 Å². The zero-order chi connectivity index (χ0) is 14.4. The second-order valence-corrected chi connectivity index (χ2v) is 4.86. The van der Waals surface area contributed by atoms with Gasteiger partial charge < -0.3 is 15.1 Å². The molecule has 5 nitrogen and oxygen atoms in total. The molecule has 0 aliphatic carbocycles. The summed E-state index contributed by atoms with van der Waals surface area (Å²) in [5.41, 5.74) is 3.03. The molecule has 0 amide bonds. The first kappa shape index (κ1) is 11.7. The van der Waals surface area contributed by atoms with E-state index in [2.05, 4.69) is 15.0 Å². The van der Waals surface area contributed by atoms with Crippen molar-refractivity contribution in [2.24, 2.45) is 0 Å². The molecule has 0 spiro atoms. The molecule has 0 fully saturated rings. The van der Waals surface area contributed by atoms with Crippen LogP contribution in [0.1, 0.15) is 0 Å². The molecule has 0 saturated carbocycles. The molecule has 102 valence electrons. The highest BCUT2D eigenvalue weighted by Crippen LogP contribution is 2.28. The van der Waals surface area contributed by atoms with Crippen molar-refractivity contribution in [1.29, 1.82) is 0 Å². The molecule has 2 heterocycles. The van der Waals surface area contributed by atoms with E-state index in [0.717, 1.165) is 16.4 Å². The maximum Gasteiger partial charge on any atom is 0.275 e. The van der Waals surface area contributed by atoms with Crippen LogP contribution in [0.15, 0.2) is 53.5 Å². The van der Waals surface area contributed by atoms with Crippen molar-refractivity contribution in [3.05, 3.63) is 59.0 Å². The Bertz CT molecular complexity index is 1030. The molecule has 4 rings (SSSR count). The van der Waals surface area contributed by atoms with E-state index in [1.165, 1.54) is 0 Å². The number of aromatic nitrogens is 3. The van der Waals surface area contributed by atoms with Crippen LogP contribution in [-0.4, -0.2) is 20.1 Å². The number of nitrogens with zero attached hydrogens (tertiary/aromatic N) is 1. The number of nitrogens with one attached hydrogen (secondary N) is 2. The molecule has 0 unspecified atom stereocenters. The molecular formula is C16H11N3O2. The smallest absolute Gasteiger partial charge is 0.275 e. The Hall–Kier alpha value is -3.08. The third kappa shape index (κ3) is 1.79. The van der Waals surface area contributed by atoms with Crippen molar-refractivity contribution in [3.8, 4) is 17.0 Å². The van der Waals surface area contributed by atoms with Crippen molar-refractivity contribution in [2.75, 3.05) is 0 Å². The number of para-hydroxylation sites is 2.